The van der Waals surface area contributed by atoms with Crippen molar-refractivity contribution in [2.24, 2.45) is 7.05 Å². The minimum absolute atomic E-state index is 0.0431. The lowest BCUT2D eigenvalue weighted by Gasteiger charge is -2.22. The number of nitrogens with one attached hydrogen (secondary N) is 2. The Hall–Kier alpha value is -3.74. The van der Waals surface area contributed by atoms with Crippen molar-refractivity contribution in [1.29, 1.82) is 0 Å². The Bertz CT molecular complexity index is 1330. The van der Waals surface area contributed by atoms with Gasteiger partial charge in [0.1, 0.15) is 0 Å². The van der Waals surface area contributed by atoms with Gasteiger partial charge in [-0.3, -0.25) is 4.79 Å². The predicted octanol–water partition coefficient (Wildman–Crippen LogP) is 10.2. The standard InChI is InChI=1S/C27H37N3O2.C8H14O2.2C2H6/c1-7-10-22(15-26(31)32-8-2)29-24-14-20(5)19(4)13-23(24)28-16-21-17-30(6)25-12-9-11-18(3)27(21)25;1-3-5-6-7-8(9)10-4-2;2*1-2/h9,11-14,17,22,28-29H,7-8,10,15-16H2,1-6H3;6-7H,3-5H2,1-2H3;2*1-2H3/b;7-6+;;. The van der Waals surface area contributed by atoms with Gasteiger partial charge in [-0.2, -0.15) is 0 Å². The monoisotopic (exact) mass is 637 g/mol. The van der Waals surface area contributed by atoms with Gasteiger partial charge in [-0.05, 0) is 87.9 Å². The molecule has 1 heterocycles. The summed E-state index contributed by atoms with van der Waals surface area (Å²) in [6, 6.07) is 10.9. The fourth-order valence-corrected chi connectivity index (χ4v) is 4.89. The van der Waals surface area contributed by atoms with E-state index in [0.717, 1.165) is 43.6 Å². The Morgan fingerprint density at radius 3 is 2.09 bits per heavy atom. The fourth-order valence-electron chi connectivity index (χ4n) is 4.89. The molecule has 0 fully saturated rings. The lowest BCUT2D eigenvalue weighted by atomic mass is 10.0. The molecule has 0 saturated carbocycles. The lowest BCUT2D eigenvalue weighted by molar-refractivity contribution is -0.143. The van der Waals surface area contributed by atoms with E-state index in [1.807, 2.05) is 40.7 Å². The number of aromatic nitrogens is 1. The summed E-state index contributed by atoms with van der Waals surface area (Å²) in [7, 11) is 2.10. The van der Waals surface area contributed by atoms with Crippen LogP contribution in [0.5, 0.6) is 0 Å². The van der Waals surface area contributed by atoms with E-state index in [4.69, 9.17) is 4.74 Å². The Labute approximate surface area is 280 Å². The molecule has 1 atom stereocenters. The number of hydrogen-bond donors (Lipinski definition) is 2. The number of ether oxygens (including phenoxy) is 2. The number of anilines is 2. The summed E-state index contributed by atoms with van der Waals surface area (Å²) in [6.45, 7) is 23.9. The van der Waals surface area contributed by atoms with Crippen molar-refractivity contribution in [2.75, 3.05) is 23.8 Å². The van der Waals surface area contributed by atoms with Gasteiger partial charge in [-0.15, -0.1) is 0 Å². The highest BCUT2D eigenvalue weighted by Gasteiger charge is 2.17. The average Bonchev–Trinajstić information content (AvgIpc) is 3.37. The third-order valence-electron chi connectivity index (χ3n) is 7.12. The van der Waals surface area contributed by atoms with Crippen LogP contribution in [0.4, 0.5) is 11.4 Å². The number of benzene rings is 2. The van der Waals surface area contributed by atoms with Gasteiger partial charge in [-0.25, -0.2) is 4.79 Å². The SMILES string of the molecule is CC.CC.CCC/C=C/C(=O)OCC.CCCC(CC(=O)OCC)Nc1cc(C)c(C)cc1NCc1cn(C)c2cccc(C)c12. The maximum Gasteiger partial charge on any atom is 0.330 e. The summed E-state index contributed by atoms with van der Waals surface area (Å²) in [5.74, 6) is -0.390. The second kappa shape index (κ2) is 24.5. The largest absolute Gasteiger partial charge is 0.466 e. The van der Waals surface area contributed by atoms with Crippen LogP contribution < -0.4 is 10.6 Å². The second-order valence-corrected chi connectivity index (χ2v) is 10.7. The van der Waals surface area contributed by atoms with E-state index >= 15 is 0 Å². The van der Waals surface area contributed by atoms with Gasteiger partial charge in [0.25, 0.3) is 0 Å². The Balaban J connectivity index is 0.00000123. The zero-order chi connectivity index (χ0) is 35.1. The smallest absolute Gasteiger partial charge is 0.330 e. The van der Waals surface area contributed by atoms with Crippen LogP contribution in [0.3, 0.4) is 0 Å². The number of carbonyl (C=O) groups is 2. The van der Waals surface area contributed by atoms with E-state index in [9.17, 15) is 9.59 Å². The zero-order valence-corrected chi connectivity index (χ0v) is 30.9. The molecule has 0 radical (unpaired) electrons. The van der Waals surface area contributed by atoms with E-state index < -0.39 is 0 Å². The van der Waals surface area contributed by atoms with Crippen molar-refractivity contribution < 1.29 is 19.1 Å². The van der Waals surface area contributed by atoms with E-state index in [1.165, 1.54) is 39.2 Å². The van der Waals surface area contributed by atoms with Crippen LogP contribution in [0, 0.1) is 20.8 Å². The molecule has 7 nitrogen and oxygen atoms in total. The van der Waals surface area contributed by atoms with Crippen LogP contribution >= 0.6 is 0 Å². The molecule has 258 valence electrons. The Morgan fingerprint density at radius 1 is 0.870 bits per heavy atom. The molecule has 46 heavy (non-hydrogen) atoms. The Kier molecular flexibility index (Phi) is 22.5. The summed E-state index contributed by atoms with van der Waals surface area (Å²) in [4.78, 5) is 22.7. The van der Waals surface area contributed by atoms with Crippen LogP contribution in [0.1, 0.15) is 110 Å². The van der Waals surface area contributed by atoms with Crippen molar-refractivity contribution >= 4 is 34.2 Å². The predicted molar refractivity (Wildman–Crippen MR) is 198 cm³/mol. The fraction of sp³-hybridized carbons (Fsp3) is 0.538. The molecule has 0 aliphatic carbocycles. The highest BCUT2D eigenvalue weighted by Crippen LogP contribution is 2.30. The van der Waals surface area contributed by atoms with Crippen LogP contribution in [0.25, 0.3) is 10.9 Å². The molecule has 2 aromatic carbocycles. The highest BCUT2D eigenvalue weighted by atomic mass is 16.5. The topological polar surface area (TPSA) is 81.6 Å². The van der Waals surface area contributed by atoms with E-state index in [1.54, 1.807) is 6.92 Å². The van der Waals surface area contributed by atoms with Gasteiger partial charge >= 0.3 is 11.9 Å². The summed E-state index contributed by atoms with van der Waals surface area (Å²) >= 11 is 0. The Morgan fingerprint density at radius 2 is 1.50 bits per heavy atom. The van der Waals surface area contributed by atoms with Gasteiger partial charge < -0.3 is 24.7 Å². The van der Waals surface area contributed by atoms with Gasteiger partial charge in [0, 0.05) is 42.8 Å². The molecule has 3 rings (SSSR count). The number of fused-ring (bicyclic) bond motifs is 1. The maximum absolute atomic E-state index is 12.1. The van der Waals surface area contributed by atoms with E-state index in [-0.39, 0.29) is 18.0 Å². The third-order valence-corrected chi connectivity index (χ3v) is 7.12. The first-order valence-electron chi connectivity index (χ1n) is 17.3. The molecular weight excluding hydrogens is 574 g/mol. The first-order valence-corrected chi connectivity index (χ1v) is 17.3. The molecule has 3 aromatic rings. The quantitative estimate of drug-likeness (QED) is 0.135. The first-order chi connectivity index (χ1) is 22.1. The lowest BCUT2D eigenvalue weighted by Crippen LogP contribution is -2.25. The van der Waals surface area contributed by atoms with Gasteiger partial charge in [0.05, 0.1) is 31.0 Å². The third kappa shape index (κ3) is 14.6. The number of unbranched alkanes of at least 4 members (excludes halogenated alkanes) is 1. The number of carbonyl (C=O) groups excluding carboxylic acids is 2. The van der Waals surface area contributed by atoms with E-state index in [2.05, 4.69) is 98.1 Å². The molecule has 2 N–H and O–H groups in total. The van der Waals surface area contributed by atoms with E-state index in [0.29, 0.717) is 19.6 Å². The zero-order valence-electron chi connectivity index (χ0n) is 30.9. The summed E-state index contributed by atoms with van der Waals surface area (Å²) < 4.78 is 12.0. The molecule has 7 heteroatoms. The molecule has 1 unspecified atom stereocenters. The van der Waals surface area contributed by atoms with Crippen molar-refractivity contribution in [3.05, 3.63) is 70.9 Å². The number of hydrogen-bond acceptors (Lipinski definition) is 6. The number of nitrogens with zero attached hydrogens (tertiary/aromatic N) is 1. The normalized spacial score (nSPS) is 10.9. The number of rotatable bonds is 14. The van der Waals surface area contributed by atoms with Gasteiger partial charge in [0.15, 0.2) is 0 Å². The van der Waals surface area contributed by atoms with Gasteiger partial charge in [0.2, 0.25) is 0 Å². The number of esters is 2. The summed E-state index contributed by atoms with van der Waals surface area (Å²) in [5, 5.41) is 8.60. The molecule has 1 aromatic heterocycles. The second-order valence-electron chi connectivity index (χ2n) is 10.7. The number of allylic oxidation sites excluding steroid dienone is 1. The summed E-state index contributed by atoms with van der Waals surface area (Å²) in [5.41, 5.74) is 8.38. The molecule has 0 amide bonds. The summed E-state index contributed by atoms with van der Waals surface area (Å²) in [6.07, 6.45) is 9.81. The van der Waals surface area contributed by atoms with Crippen LogP contribution in [-0.4, -0.2) is 35.8 Å². The molecule has 0 spiro atoms. The van der Waals surface area contributed by atoms with Crippen molar-refractivity contribution in [3.8, 4) is 0 Å². The molecular formula is C39H63N3O4. The van der Waals surface area contributed by atoms with Gasteiger partial charge in [-0.1, -0.05) is 72.6 Å². The molecule has 0 bridgehead atoms. The minimum atomic E-state index is -0.240. The van der Waals surface area contributed by atoms with Crippen molar-refractivity contribution in [3.63, 3.8) is 0 Å². The first kappa shape index (κ1) is 42.3. The number of aryl methyl sites for hydroxylation is 4. The maximum atomic E-state index is 12.1. The minimum Gasteiger partial charge on any atom is -0.466 e. The van der Waals surface area contributed by atoms with Crippen LogP contribution in [0.2, 0.25) is 0 Å². The average molecular weight is 638 g/mol. The van der Waals surface area contributed by atoms with Crippen LogP contribution in [0.15, 0.2) is 48.7 Å². The molecule has 0 aliphatic rings. The molecule has 0 aliphatic heterocycles. The highest BCUT2D eigenvalue weighted by molar-refractivity contribution is 5.87. The van der Waals surface area contributed by atoms with Crippen LogP contribution in [-0.2, 0) is 32.7 Å². The van der Waals surface area contributed by atoms with Crippen molar-refractivity contribution in [1.82, 2.24) is 4.57 Å². The molecule has 0 saturated heterocycles. The van der Waals surface area contributed by atoms with Crippen molar-refractivity contribution in [2.45, 2.75) is 121 Å².